The first-order valence-electron chi connectivity index (χ1n) is 11.4. The molecule has 3 aromatic rings. The van der Waals surface area contributed by atoms with E-state index in [9.17, 15) is 18.0 Å². The summed E-state index contributed by atoms with van der Waals surface area (Å²) >= 11 is 0. The average molecular weight is 494 g/mol. The molecule has 0 fully saturated rings. The lowest BCUT2D eigenvalue weighted by atomic mass is 10.1. The lowest BCUT2D eigenvalue weighted by molar-refractivity contribution is 0.0948. The van der Waals surface area contributed by atoms with Crippen molar-refractivity contribution >= 4 is 33.2 Å². The molecule has 0 atom stereocenters. The molecule has 0 saturated heterocycles. The highest BCUT2D eigenvalue weighted by Crippen LogP contribution is 2.22. The van der Waals surface area contributed by atoms with Gasteiger partial charge in [-0.25, -0.2) is 8.42 Å². The molecule has 3 rings (SSSR count). The van der Waals surface area contributed by atoms with Gasteiger partial charge in [-0.05, 0) is 91.9 Å². The van der Waals surface area contributed by atoms with Gasteiger partial charge in [-0.1, -0.05) is 26.0 Å². The number of carbonyl (C=O) groups is 2. The standard InChI is InChI=1S/C27H31N3O4S/c1-17(2)16-28-26(31)22-10-13-24(20(5)15-22)29-27(32)21-8-11-23(12-9-21)30-35(33,34)25-14-18(3)6-7-19(25)4/h6-15,17,30H,16H2,1-5H3,(H,28,31)(H,29,32). The summed E-state index contributed by atoms with van der Waals surface area (Å²) in [6.45, 7) is 10.0. The van der Waals surface area contributed by atoms with E-state index in [2.05, 4.69) is 15.4 Å². The number of amides is 2. The molecule has 3 aromatic carbocycles. The molecule has 0 aliphatic rings. The number of anilines is 2. The number of nitrogens with one attached hydrogen (secondary N) is 3. The summed E-state index contributed by atoms with van der Waals surface area (Å²) in [4.78, 5) is 25.2. The van der Waals surface area contributed by atoms with Crippen LogP contribution in [0.2, 0.25) is 0 Å². The molecular weight excluding hydrogens is 462 g/mol. The van der Waals surface area contributed by atoms with Gasteiger partial charge in [0.15, 0.2) is 0 Å². The third kappa shape index (κ3) is 6.70. The van der Waals surface area contributed by atoms with Gasteiger partial charge in [-0.15, -0.1) is 0 Å². The second kappa shape index (κ2) is 10.7. The van der Waals surface area contributed by atoms with Crippen LogP contribution >= 0.6 is 0 Å². The Morgan fingerprint density at radius 1 is 0.800 bits per heavy atom. The van der Waals surface area contributed by atoms with E-state index in [1.54, 1.807) is 61.5 Å². The fraction of sp³-hybridized carbons (Fsp3) is 0.259. The molecule has 0 unspecified atom stereocenters. The smallest absolute Gasteiger partial charge is 0.262 e. The average Bonchev–Trinajstić information content (AvgIpc) is 2.80. The SMILES string of the molecule is Cc1ccc(C)c(S(=O)(=O)Nc2ccc(C(=O)Nc3ccc(C(=O)NCC(C)C)cc3C)cc2)c1. The van der Waals surface area contributed by atoms with Gasteiger partial charge in [0.2, 0.25) is 0 Å². The summed E-state index contributed by atoms with van der Waals surface area (Å²) in [5.41, 5.74) is 4.11. The summed E-state index contributed by atoms with van der Waals surface area (Å²) in [6.07, 6.45) is 0. The van der Waals surface area contributed by atoms with Crippen LogP contribution in [-0.2, 0) is 10.0 Å². The molecule has 3 N–H and O–H groups in total. The van der Waals surface area contributed by atoms with Gasteiger partial charge in [0.1, 0.15) is 0 Å². The Hall–Kier alpha value is -3.65. The zero-order valence-corrected chi connectivity index (χ0v) is 21.4. The molecule has 0 aromatic heterocycles. The van der Waals surface area contributed by atoms with Crippen LogP contribution in [0.5, 0.6) is 0 Å². The first kappa shape index (κ1) is 26.0. The third-order valence-corrected chi connectivity index (χ3v) is 6.96. The minimum Gasteiger partial charge on any atom is -0.352 e. The van der Waals surface area contributed by atoms with Crippen molar-refractivity contribution in [3.8, 4) is 0 Å². The second-order valence-electron chi connectivity index (χ2n) is 9.04. The van der Waals surface area contributed by atoms with Crippen LogP contribution < -0.4 is 15.4 Å². The minimum atomic E-state index is -3.76. The Morgan fingerprint density at radius 2 is 1.46 bits per heavy atom. The van der Waals surface area contributed by atoms with Gasteiger partial charge in [-0.2, -0.15) is 0 Å². The summed E-state index contributed by atoms with van der Waals surface area (Å²) in [5, 5.41) is 5.71. The lowest BCUT2D eigenvalue weighted by Crippen LogP contribution is -2.27. The number of aryl methyl sites for hydroxylation is 3. The molecule has 0 saturated carbocycles. The summed E-state index contributed by atoms with van der Waals surface area (Å²) in [7, 11) is -3.76. The van der Waals surface area contributed by atoms with Crippen molar-refractivity contribution in [1.82, 2.24) is 5.32 Å². The summed E-state index contributed by atoms with van der Waals surface area (Å²) in [6, 6.07) is 16.6. The van der Waals surface area contributed by atoms with E-state index >= 15 is 0 Å². The normalized spacial score (nSPS) is 11.3. The van der Waals surface area contributed by atoms with E-state index in [1.165, 1.54) is 0 Å². The number of sulfonamides is 1. The van der Waals surface area contributed by atoms with Crippen molar-refractivity contribution in [2.45, 2.75) is 39.5 Å². The molecule has 7 nitrogen and oxygen atoms in total. The van der Waals surface area contributed by atoms with Crippen molar-refractivity contribution in [3.63, 3.8) is 0 Å². The zero-order chi connectivity index (χ0) is 25.8. The molecular formula is C27H31N3O4S. The Kier molecular flexibility index (Phi) is 7.96. The number of benzene rings is 3. The maximum atomic E-state index is 12.8. The topological polar surface area (TPSA) is 104 Å². The maximum absolute atomic E-state index is 12.8. The molecule has 35 heavy (non-hydrogen) atoms. The fourth-order valence-corrected chi connectivity index (χ4v) is 4.82. The monoisotopic (exact) mass is 493 g/mol. The van der Waals surface area contributed by atoms with Crippen molar-refractivity contribution in [3.05, 3.63) is 88.5 Å². The molecule has 2 amide bonds. The van der Waals surface area contributed by atoms with Crippen LogP contribution in [0.1, 0.15) is 51.3 Å². The van der Waals surface area contributed by atoms with E-state index < -0.39 is 10.0 Å². The summed E-state index contributed by atoms with van der Waals surface area (Å²) < 4.78 is 28.2. The number of carbonyl (C=O) groups excluding carboxylic acids is 2. The van der Waals surface area contributed by atoms with Crippen LogP contribution in [0.4, 0.5) is 11.4 Å². The van der Waals surface area contributed by atoms with Gasteiger partial charge >= 0.3 is 0 Å². The van der Waals surface area contributed by atoms with E-state index in [0.717, 1.165) is 11.1 Å². The third-order valence-electron chi connectivity index (χ3n) is 5.44. The van der Waals surface area contributed by atoms with E-state index in [-0.39, 0.29) is 16.7 Å². The van der Waals surface area contributed by atoms with Crippen molar-refractivity contribution in [2.24, 2.45) is 5.92 Å². The fourth-order valence-electron chi connectivity index (χ4n) is 3.44. The van der Waals surface area contributed by atoms with Crippen LogP contribution in [0.25, 0.3) is 0 Å². The number of hydrogen-bond donors (Lipinski definition) is 3. The summed E-state index contributed by atoms with van der Waals surface area (Å²) in [5.74, 6) is -0.139. The molecule has 0 aliphatic carbocycles. The highest BCUT2D eigenvalue weighted by atomic mass is 32.2. The van der Waals surface area contributed by atoms with Gasteiger partial charge in [-0.3, -0.25) is 14.3 Å². The molecule has 8 heteroatoms. The lowest BCUT2D eigenvalue weighted by Gasteiger charge is -2.13. The van der Waals surface area contributed by atoms with E-state index in [4.69, 9.17) is 0 Å². The predicted octanol–water partition coefficient (Wildman–Crippen LogP) is 5.05. The van der Waals surface area contributed by atoms with Crippen molar-refractivity contribution in [2.75, 3.05) is 16.6 Å². The molecule has 0 radical (unpaired) electrons. The maximum Gasteiger partial charge on any atom is 0.262 e. The minimum absolute atomic E-state index is 0.154. The van der Waals surface area contributed by atoms with Gasteiger partial charge in [0.25, 0.3) is 21.8 Å². The predicted molar refractivity (Wildman–Crippen MR) is 139 cm³/mol. The zero-order valence-electron chi connectivity index (χ0n) is 20.6. The van der Waals surface area contributed by atoms with Gasteiger partial charge in [0.05, 0.1) is 4.90 Å². The Labute approximate surface area is 207 Å². The Balaban J connectivity index is 1.68. The highest BCUT2D eigenvalue weighted by molar-refractivity contribution is 7.92. The molecule has 0 aliphatic heterocycles. The second-order valence-corrected chi connectivity index (χ2v) is 10.7. The molecule has 184 valence electrons. The largest absolute Gasteiger partial charge is 0.352 e. The first-order chi connectivity index (χ1) is 16.5. The van der Waals surface area contributed by atoms with E-state index in [1.807, 2.05) is 33.8 Å². The Bertz CT molecular complexity index is 1350. The number of rotatable bonds is 8. The molecule has 0 heterocycles. The highest BCUT2D eigenvalue weighted by Gasteiger charge is 2.18. The van der Waals surface area contributed by atoms with Crippen LogP contribution in [0.3, 0.4) is 0 Å². The Morgan fingerprint density at radius 3 is 2.09 bits per heavy atom. The molecule has 0 bridgehead atoms. The van der Waals surface area contributed by atoms with E-state index in [0.29, 0.717) is 40.5 Å². The van der Waals surface area contributed by atoms with Crippen molar-refractivity contribution < 1.29 is 18.0 Å². The van der Waals surface area contributed by atoms with Crippen LogP contribution in [0, 0.1) is 26.7 Å². The first-order valence-corrected chi connectivity index (χ1v) is 12.8. The van der Waals surface area contributed by atoms with Gasteiger partial charge < -0.3 is 10.6 Å². The van der Waals surface area contributed by atoms with Crippen molar-refractivity contribution in [1.29, 1.82) is 0 Å². The van der Waals surface area contributed by atoms with Gasteiger partial charge in [0, 0.05) is 29.0 Å². The quantitative estimate of drug-likeness (QED) is 0.408. The van der Waals surface area contributed by atoms with Crippen LogP contribution in [0.15, 0.2) is 65.6 Å². The number of hydrogen-bond acceptors (Lipinski definition) is 4. The molecule has 0 spiro atoms. The van der Waals surface area contributed by atoms with Crippen LogP contribution in [-0.4, -0.2) is 26.8 Å².